The van der Waals surface area contributed by atoms with Crippen LogP contribution in [0.3, 0.4) is 0 Å². The number of hydrogen-bond acceptors (Lipinski definition) is 5. The molecule has 1 atom stereocenters. The fourth-order valence-electron chi connectivity index (χ4n) is 1.43. The second-order valence-corrected chi connectivity index (χ2v) is 3.79. The van der Waals surface area contributed by atoms with E-state index in [2.05, 4.69) is 10.3 Å². The minimum Gasteiger partial charge on any atom is -0.481 e. The molecule has 0 saturated carbocycles. The van der Waals surface area contributed by atoms with Gasteiger partial charge in [0, 0.05) is 20.0 Å². The number of carboxylic acids is 1. The first-order chi connectivity index (χ1) is 7.82. The summed E-state index contributed by atoms with van der Waals surface area (Å²) in [6.07, 6.45) is -0.124. The molecule has 0 aliphatic carbocycles. The Kier molecular flexibility index (Phi) is 3.66. The molecule has 8 heteroatoms. The highest BCUT2D eigenvalue weighted by atomic mass is 16.6. The van der Waals surface area contributed by atoms with Gasteiger partial charge in [0.2, 0.25) is 11.6 Å². The number of aliphatic carboxylic acids is 1. The van der Waals surface area contributed by atoms with E-state index in [0.717, 1.165) is 0 Å². The number of nitrogens with one attached hydrogen (secondary N) is 1. The van der Waals surface area contributed by atoms with Crippen molar-refractivity contribution in [2.45, 2.75) is 26.3 Å². The lowest BCUT2D eigenvalue weighted by Gasteiger charge is -2.12. The van der Waals surface area contributed by atoms with Gasteiger partial charge in [-0.25, -0.2) is 0 Å². The van der Waals surface area contributed by atoms with E-state index in [1.165, 1.54) is 4.57 Å². The van der Waals surface area contributed by atoms with Crippen LogP contribution in [0.25, 0.3) is 0 Å². The summed E-state index contributed by atoms with van der Waals surface area (Å²) in [6, 6.07) is -0.416. The van der Waals surface area contributed by atoms with Crippen molar-refractivity contribution >= 4 is 17.6 Å². The summed E-state index contributed by atoms with van der Waals surface area (Å²) < 4.78 is 1.52. The number of nitro groups is 1. The van der Waals surface area contributed by atoms with Crippen molar-refractivity contribution in [1.82, 2.24) is 9.55 Å². The van der Waals surface area contributed by atoms with Crippen molar-refractivity contribution in [3.8, 4) is 0 Å². The Morgan fingerprint density at radius 1 is 1.71 bits per heavy atom. The Labute approximate surface area is 97.4 Å². The Bertz CT molecular complexity index is 454. The molecule has 0 saturated heterocycles. The van der Waals surface area contributed by atoms with Crippen LogP contribution in [-0.4, -0.2) is 31.6 Å². The molecular weight excluding hydrogens is 228 g/mol. The lowest BCUT2D eigenvalue weighted by Crippen LogP contribution is -2.21. The van der Waals surface area contributed by atoms with Gasteiger partial charge in [0.15, 0.2) is 0 Å². The molecule has 0 radical (unpaired) electrons. The molecule has 2 N–H and O–H groups in total. The fourth-order valence-corrected chi connectivity index (χ4v) is 1.43. The molecule has 1 unspecified atom stereocenters. The summed E-state index contributed by atoms with van der Waals surface area (Å²) >= 11 is 0. The Balaban J connectivity index is 2.96. The molecule has 0 spiro atoms. The van der Waals surface area contributed by atoms with Gasteiger partial charge in [-0.15, -0.1) is 0 Å². The molecule has 0 amide bonds. The molecule has 0 bridgehead atoms. The zero-order valence-corrected chi connectivity index (χ0v) is 9.80. The molecule has 17 heavy (non-hydrogen) atoms. The Morgan fingerprint density at radius 2 is 2.29 bits per heavy atom. The van der Waals surface area contributed by atoms with Crippen molar-refractivity contribution < 1.29 is 14.8 Å². The van der Waals surface area contributed by atoms with Crippen molar-refractivity contribution in [3.63, 3.8) is 0 Å². The topological polar surface area (TPSA) is 110 Å². The van der Waals surface area contributed by atoms with Gasteiger partial charge in [-0.05, 0) is 16.8 Å². The highest BCUT2D eigenvalue weighted by Crippen LogP contribution is 2.24. The number of rotatable bonds is 5. The number of aryl methyl sites for hydroxylation is 1. The molecule has 1 aromatic heterocycles. The molecule has 94 valence electrons. The summed E-state index contributed by atoms with van der Waals surface area (Å²) in [4.78, 5) is 24.5. The van der Waals surface area contributed by atoms with Crippen molar-refractivity contribution in [3.05, 3.63) is 15.9 Å². The number of nitrogens with zero attached hydrogens (tertiary/aromatic N) is 3. The first kappa shape index (κ1) is 12.9. The van der Waals surface area contributed by atoms with Crippen molar-refractivity contribution in [2.75, 3.05) is 5.32 Å². The average Bonchev–Trinajstić information content (AvgIpc) is 2.44. The predicted molar refractivity (Wildman–Crippen MR) is 59.9 cm³/mol. The largest absolute Gasteiger partial charge is 0.481 e. The van der Waals surface area contributed by atoms with Crippen LogP contribution in [-0.2, 0) is 11.8 Å². The van der Waals surface area contributed by atoms with Crippen LogP contribution in [0.15, 0.2) is 0 Å². The first-order valence-corrected chi connectivity index (χ1v) is 4.99. The van der Waals surface area contributed by atoms with Crippen LogP contribution in [0, 0.1) is 17.0 Å². The van der Waals surface area contributed by atoms with Gasteiger partial charge < -0.3 is 20.5 Å². The summed E-state index contributed by atoms with van der Waals surface area (Å²) in [5, 5.41) is 22.2. The van der Waals surface area contributed by atoms with Gasteiger partial charge in [0.25, 0.3) is 0 Å². The molecule has 0 aliphatic heterocycles. The summed E-state index contributed by atoms with van der Waals surface area (Å²) in [6.45, 7) is 3.28. The highest BCUT2D eigenvalue weighted by Gasteiger charge is 2.24. The minimum absolute atomic E-state index is 0.124. The Morgan fingerprint density at radius 3 is 2.76 bits per heavy atom. The minimum atomic E-state index is -0.966. The lowest BCUT2D eigenvalue weighted by atomic mass is 10.2. The SMILES string of the molecule is Cc1nc([N+](=O)[O-])c(NC(C)CC(=O)O)n1C. The van der Waals surface area contributed by atoms with Gasteiger partial charge >= 0.3 is 11.8 Å². The van der Waals surface area contributed by atoms with Crippen LogP contribution >= 0.6 is 0 Å². The van der Waals surface area contributed by atoms with E-state index < -0.39 is 16.9 Å². The lowest BCUT2D eigenvalue weighted by molar-refractivity contribution is -0.388. The van der Waals surface area contributed by atoms with Crippen LogP contribution < -0.4 is 5.32 Å². The normalized spacial score (nSPS) is 12.2. The van der Waals surface area contributed by atoms with Gasteiger partial charge in [0.05, 0.1) is 6.42 Å². The van der Waals surface area contributed by atoms with Crippen LogP contribution in [0.5, 0.6) is 0 Å². The second kappa shape index (κ2) is 4.81. The second-order valence-electron chi connectivity index (χ2n) is 3.79. The zero-order valence-electron chi connectivity index (χ0n) is 9.80. The predicted octanol–water partition coefficient (Wildman–Crippen LogP) is 0.912. The zero-order chi connectivity index (χ0) is 13.2. The van der Waals surface area contributed by atoms with E-state index >= 15 is 0 Å². The molecular formula is C9H14N4O4. The van der Waals surface area contributed by atoms with Crippen molar-refractivity contribution in [1.29, 1.82) is 0 Å². The third-order valence-corrected chi connectivity index (χ3v) is 2.34. The van der Waals surface area contributed by atoms with E-state index in [-0.39, 0.29) is 18.1 Å². The van der Waals surface area contributed by atoms with Gasteiger partial charge in [-0.3, -0.25) is 9.36 Å². The number of carboxylic acid groups (broad SMARTS) is 1. The maximum atomic E-state index is 10.8. The standard InChI is InChI=1S/C9H14N4O4/c1-5(4-7(14)15)10-8-9(13(16)17)11-6(2)12(8)3/h5,10H,4H2,1-3H3,(H,14,15). The molecule has 1 heterocycles. The maximum Gasteiger partial charge on any atom is 0.406 e. The smallest absolute Gasteiger partial charge is 0.406 e. The molecule has 0 aliphatic rings. The van der Waals surface area contributed by atoms with E-state index in [1.807, 2.05) is 0 Å². The van der Waals surface area contributed by atoms with Gasteiger partial charge in [0.1, 0.15) is 0 Å². The van der Waals surface area contributed by atoms with E-state index in [0.29, 0.717) is 5.82 Å². The summed E-state index contributed by atoms with van der Waals surface area (Å²) in [7, 11) is 1.63. The molecule has 0 fully saturated rings. The highest BCUT2D eigenvalue weighted by molar-refractivity contribution is 5.68. The van der Waals surface area contributed by atoms with Crippen LogP contribution in [0.2, 0.25) is 0 Å². The Hall–Kier alpha value is -2.12. The summed E-state index contributed by atoms with van der Waals surface area (Å²) in [5.74, 6) is -0.545. The number of anilines is 1. The number of aromatic nitrogens is 2. The summed E-state index contributed by atoms with van der Waals surface area (Å²) in [5.41, 5.74) is 0. The molecule has 1 rings (SSSR count). The molecule has 1 aromatic rings. The average molecular weight is 242 g/mol. The number of carbonyl (C=O) groups is 1. The molecule has 0 aromatic carbocycles. The van der Waals surface area contributed by atoms with E-state index in [9.17, 15) is 14.9 Å². The van der Waals surface area contributed by atoms with E-state index in [4.69, 9.17) is 5.11 Å². The maximum absolute atomic E-state index is 10.8. The number of hydrogen-bond donors (Lipinski definition) is 2. The van der Waals surface area contributed by atoms with Gasteiger partial charge in [-0.2, -0.15) is 0 Å². The van der Waals surface area contributed by atoms with Crippen LogP contribution in [0.4, 0.5) is 11.6 Å². The third kappa shape index (κ3) is 2.92. The number of imidazole rings is 1. The molecule has 8 nitrogen and oxygen atoms in total. The fraction of sp³-hybridized carbons (Fsp3) is 0.556. The first-order valence-electron chi connectivity index (χ1n) is 4.99. The van der Waals surface area contributed by atoms with E-state index in [1.54, 1.807) is 20.9 Å². The van der Waals surface area contributed by atoms with Crippen LogP contribution in [0.1, 0.15) is 19.2 Å². The monoisotopic (exact) mass is 242 g/mol. The quantitative estimate of drug-likeness (QED) is 0.586. The van der Waals surface area contributed by atoms with Gasteiger partial charge in [-0.1, -0.05) is 0 Å². The van der Waals surface area contributed by atoms with Crippen molar-refractivity contribution in [2.24, 2.45) is 7.05 Å². The third-order valence-electron chi connectivity index (χ3n) is 2.34.